The third kappa shape index (κ3) is 4.40. The molecule has 1 aliphatic heterocycles. The molecule has 4 rings (SSSR count). The van der Waals surface area contributed by atoms with Crippen molar-refractivity contribution in [2.24, 2.45) is 0 Å². The number of aromatic amines is 1. The van der Waals surface area contributed by atoms with Crippen molar-refractivity contribution in [3.05, 3.63) is 47.9 Å². The van der Waals surface area contributed by atoms with E-state index in [4.69, 9.17) is 4.74 Å². The first-order valence-corrected chi connectivity index (χ1v) is 9.69. The van der Waals surface area contributed by atoms with Gasteiger partial charge in [-0.05, 0) is 31.0 Å². The highest BCUT2D eigenvalue weighted by molar-refractivity contribution is 5.99. The zero-order chi connectivity index (χ0) is 22.0. The number of anilines is 2. The van der Waals surface area contributed by atoms with Crippen LogP contribution in [-0.2, 0) is 4.74 Å². The minimum absolute atomic E-state index is 0.242. The SMILES string of the molecule is C[C@@H](NC(=O)Nc1cc2[nH]nc(N(C(=O)O)C3CCOC3)c2cn1)c1ccc(F)cc1. The number of urea groups is 1. The molecule has 0 spiro atoms. The predicted octanol–water partition coefficient (Wildman–Crippen LogP) is 3.25. The van der Waals surface area contributed by atoms with E-state index in [1.807, 2.05) is 0 Å². The maximum atomic E-state index is 13.1. The van der Waals surface area contributed by atoms with Crippen LogP contribution in [0.25, 0.3) is 10.9 Å². The lowest BCUT2D eigenvalue weighted by atomic mass is 10.1. The maximum Gasteiger partial charge on any atom is 0.413 e. The zero-order valence-corrected chi connectivity index (χ0v) is 16.6. The van der Waals surface area contributed by atoms with Crippen molar-refractivity contribution in [2.45, 2.75) is 25.4 Å². The molecule has 0 radical (unpaired) electrons. The Kier molecular flexibility index (Phi) is 5.67. The number of amides is 3. The van der Waals surface area contributed by atoms with Crippen molar-refractivity contribution in [1.29, 1.82) is 0 Å². The molecule has 10 nitrogen and oxygen atoms in total. The average molecular weight is 428 g/mol. The molecule has 1 fully saturated rings. The molecular formula is C20H21FN6O4. The fraction of sp³-hybridized carbons (Fsp3) is 0.300. The number of halogens is 1. The van der Waals surface area contributed by atoms with Crippen LogP contribution < -0.4 is 15.5 Å². The lowest BCUT2D eigenvalue weighted by Crippen LogP contribution is -2.40. The quantitative estimate of drug-likeness (QED) is 0.493. The number of carboxylic acid groups (broad SMARTS) is 1. The lowest BCUT2D eigenvalue weighted by molar-refractivity contribution is 0.183. The minimum atomic E-state index is -1.12. The van der Waals surface area contributed by atoms with E-state index >= 15 is 0 Å². The summed E-state index contributed by atoms with van der Waals surface area (Å²) in [6.07, 6.45) is 0.916. The van der Waals surface area contributed by atoms with E-state index in [1.165, 1.54) is 23.2 Å². The maximum absolute atomic E-state index is 13.1. The number of carbonyl (C=O) groups excluding carboxylic acids is 1. The number of rotatable bonds is 5. The largest absolute Gasteiger partial charge is 0.465 e. The second kappa shape index (κ2) is 8.56. The predicted molar refractivity (Wildman–Crippen MR) is 111 cm³/mol. The molecule has 3 amide bonds. The molecule has 1 saturated heterocycles. The Labute approximate surface area is 176 Å². The van der Waals surface area contributed by atoms with Gasteiger partial charge in [0.25, 0.3) is 0 Å². The highest BCUT2D eigenvalue weighted by Gasteiger charge is 2.31. The minimum Gasteiger partial charge on any atom is -0.465 e. The second-order valence-electron chi connectivity index (χ2n) is 7.20. The van der Waals surface area contributed by atoms with Gasteiger partial charge in [-0.1, -0.05) is 12.1 Å². The molecule has 2 aromatic heterocycles. The molecule has 31 heavy (non-hydrogen) atoms. The molecule has 0 bridgehead atoms. The lowest BCUT2D eigenvalue weighted by Gasteiger charge is -2.22. The highest BCUT2D eigenvalue weighted by Crippen LogP contribution is 2.28. The smallest absolute Gasteiger partial charge is 0.413 e. The van der Waals surface area contributed by atoms with Gasteiger partial charge in [-0.15, -0.1) is 0 Å². The molecule has 162 valence electrons. The number of aromatic nitrogens is 3. The van der Waals surface area contributed by atoms with Gasteiger partial charge >= 0.3 is 12.1 Å². The molecule has 11 heteroatoms. The Morgan fingerprint density at radius 3 is 2.81 bits per heavy atom. The van der Waals surface area contributed by atoms with Crippen molar-refractivity contribution >= 4 is 34.7 Å². The Hall–Kier alpha value is -3.73. The van der Waals surface area contributed by atoms with Gasteiger partial charge in [-0.2, -0.15) is 5.10 Å². The summed E-state index contributed by atoms with van der Waals surface area (Å²) in [7, 11) is 0. The van der Waals surface area contributed by atoms with Gasteiger partial charge in [0.05, 0.1) is 29.6 Å². The fourth-order valence-electron chi connectivity index (χ4n) is 3.48. The fourth-order valence-corrected chi connectivity index (χ4v) is 3.48. The highest BCUT2D eigenvalue weighted by atomic mass is 19.1. The van der Waals surface area contributed by atoms with E-state index in [0.717, 1.165) is 5.56 Å². The Morgan fingerprint density at radius 1 is 1.35 bits per heavy atom. The van der Waals surface area contributed by atoms with Crippen LogP contribution in [0, 0.1) is 5.82 Å². The first-order chi connectivity index (χ1) is 14.9. The monoisotopic (exact) mass is 428 g/mol. The number of carbonyl (C=O) groups is 2. The first kappa shape index (κ1) is 20.5. The molecule has 1 aromatic carbocycles. The van der Waals surface area contributed by atoms with Crippen molar-refractivity contribution in [1.82, 2.24) is 20.5 Å². The number of nitrogens with zero attached hydrogens (tertiary/aromatic N) is 3. The summed E-state index contributed by atoms with van der Waals surface area (Å²) in [5, 5.41) is 22.5. The number of hydrogen-bond acceptors (Lipinski definition) is 5. The molecule has 0 aliphatic carbocycles. The summed E-state index contributed by atoms with van der Waals surface area (Å²) in [6.45, 7) is 2.58. The number of benzene rings is 1. The van der Waals surface area contributed by atoms with E-state index in [9.17, 15) is 19.1 Å². The van der Waals surface area contributed by atoms with Crippen LogP contribution in [-0.4, -0.2) is 51.7 Å². The summed E-state index contributed by atoms with van der Waals surface area (Å²) < 4.78 is 18.4. The molecule has 2 atom stereocenters. The van der Waals surface area contributed by atoms with Gasteiger partial charge < -0.3 is 15.2 Å². The Balaban J connectivity index is 1.47. The molecule has 1 aliphatic rings. The number of fused-ring (bicyclic) bond motifs is 1. The first-order valence-electron chi connectivity index (χ1n) is 9.69. The Bertz CT molecular complexity index is 1100. The standard InChI is InChI=1S/C20H21FN6O4/c1-11(12-2-4-13(21)5-3-12)23-19(28)24-17-8-16-15(9-22-17)18(26-25-16)27(20(29)30)14-6-7-31-10-14/h2-5,8-9,11,14H,6-7,10H2,1H3,(H,25,26)(H,29,30)(H2,22,23,24,28)/t11-,14?/m1/s1. The summed E-state index contributed by atoms with van der Waals surface area (Å²) in [4.78, 5) is 29.5. The van der Waals surface area contributed by atoms with Crippen LogP contribution in [0.3, 0.4) is 0 Å². The van der Waals surface area contributed by atoms with E-state index in [0.29, 0.717) is 30.5 Å². The van der Waals surface area contributed by atoms with Crippen LogP contribution in [0.15, 0.2) is 36.5 Å². The van der Waals surface area contributed by atoms with Crippen molar-refractivity contribution in [3.63, 3.8) is 0 Å². The summed E-state index contributed by atoms with van der Waals surface area (Å²) in [6, 6.07) is 6.27. The molecule has 3 aromatic rings. The summed E-state index contributed by atoms with van der Waals surface area (Å²) >= 11 is 0. The summed E-state index contributed by atoms with van der Waals surface area (Å²) in [5.41, 5.74) is 1.28. The number of H-pyrrole nitrogens is 1. The van der Waals surface area contributed by atoms with E-state index in [-0.39, 0.29) is 29.5 Å². The molecule has 3 heterocycles. The zero-order valence-electron chi connectivity index (χ0n) is 16.6. The summed E-state index contributed by atoms with van der Waals surface area (Å²) in [5.74, 6) is 0.155. The molecular weight excluding hydrogens is 407 g/mol. The van der Waals surface area contributed by atoms with Crippen molar-refractivity contribution in [2.75, 3.05) is 23.4 Å². The normalized spacial score (nSPS) is 16.8. The van der Waals surface area contributed by atoms with Crippen LogP contribution in [0.4, 0.5) is 25.6 Å². The molecule has 1 unspecified atom stereocenters. The van der Waals surface area contributed by atoms with E-state index < -0.39 is 12.1 Å². The van der Waals surface area contributed by atoms with E-state index in [1.54, 1.807) is 25.1 Å². The van der Waals surface area contributed by atoms with Gasteiger partial charge in [0, 0.05) is 18.9 Å². The van der Waals surface area contributed by atoms with Gasteiger partial charge in [-0.25, -0.2) is 19.0 Å². The topological polar surface area (TPSA) is 132 Å². The van der Waals surface area contributed by atoms with Crippen LogP contribution in [0.5, 0.6) is 0 Å². The van der Waals surface area contributed by atoms with Gasteiger partial charge in [0.2, 0.25) is 0 Å². The van der Waals surface area contributed by atoms with Gasteiger partial charge in [-0.3, -0.25) is 15.3 Å². The van der Waals surface area contributed by atoms with Gasteiger partial charge in [0.1, 0.15) is 11.6 Å². The van der Waals surface area contributed by atoms with Crippen LogP contribution in [0.2, 0.25) is 0 Å². The second-order valence-corrected chi connectivity index (χ2v) is 7.20. The van der Waals surface area contributed by atoms with Crippen LogP contribution in [0.1, 0.15) is 24.9 Å². The van der Waals surface area contributed by atoms with Crippen LogP contribution >= 0.6 is 0 Å². The molecule has 0 saturated carbocycles. The average Bonchev–Trinajstić information content (AvgIpc) is 3.39. The number of hydrogen-bond donors (Lipinski definition) is 4. The third-order valence-electron chi connectivity index (χ3n) is 5.09. The van der Waals surface area contributed by atoms with Crippen molar-refractivity contribution in [3.8, 4) is 0 Å². The number of ether oxygens (including phenoxy) is 1. The Morgan fingerprint density at radius 2 is 2.13 bits per heavy atom. The van der Waals surface area contributed by atoms with Gasteiger partial charge in [0.15, 0.2) is 5.82 Å². The number of pyridine rings is 1. The van der Waals surface area contributed by atoms with E-state index in [2.05, 4.69) is 25.8 Å². The third-order valence-corrected chi connectivity index (χ3v) is 5.09. The van der Waals surface area contributed by atoms with Crippen molar-refractivity contribution < 1.29 is 23.8 Å². The molecule has 4 N–H and O–H groups in total. The number of nitrogens with one attached hydrogen (secondary N) is 3.